The van der Waals surface area contributed by atoms with Gasteiger partial charge in [-0.1, -0.05) is 29.3 Å². The van der Waals surface area contributed by atoms with E-state index in [1.807, 2.05) is 18.2 Å². The van der Waals surface area contributed by atoms with Gasteiger partial charge in [-0.2, -0.15) is 18.2 Å². The van der Waals surface area contributed by atoms with Crippen molar-refractivity contribution in [2.24, 2.45) is 0 Å². The summed E-state index contributed by atoms with van der Waals surface area (Å²) in [6.45, 7) is 2.55. The molecule has 242 valence electrons. The van der Waals surface area contributed by atoms with Crippen molar-refractivity contribution >= 4 is 69.4 Å². The van der Waals surface area contributed by atoms with Crippen LogP contribution in [0.2, 0.25) is 10.0 Å². The molecule has 0 spiro atoms. The number of hydrogen-bond acceptors (Lipinski definition) is 9. The first kappa shape index (κ1) is 32.7. The average molecular weight is 678 g/mol. The number of carbonyl (C=O) groups excluding carboxylic acids is 1. The Kier molecular flexibility index (Phi) is 10.1. The van der Waals surface area contributed by atoms with Crippen LogP contribution in [0, 0.1) is 0 Å². The topological polar surface area (TPSA) is 122 Å². The third kappa shape index (κ3) is 7.76. The molecule has 2 heterocycles. The minimum atomic E-state index is -4.67. The Morgan fingerprint density at radius 3 is 2.28 bits per heavy atom. The fourth-order valence-electron chi connectivity index (χ4n) is 4.65. The molecule has 5 rings (SSSR count). The molecule has 1 aromatic heterocycles. The van der Waals surface area contributed by atoms with E-state index in [1.165, 1.54) is 25.4 Å². The van der Waals surface area contributed by atoms with Gasteiger partial charge in [-0.25, -0.2) is 9.78 Å². The molecular formula is C30H28Cl2F3N7O4. The Bertz CT molecular complexity index is 1720. The van der Waals surface area contributed by atoms with E-state index >= 15 is 0 Å². The molecule has 3 aromatic carbocycles. The SMILES string of the molecule is COc1cc(NC(=O)Nc2ccc(Cl)c(C(F)(F)F)c2)ccc1Nc1ncc(Cl)c(Nc2cccc(OC)c2N2CCOCC2)n1. The normalized spacial score (nSPS) is 13.2. The van der Waals surface area contributed by atoms with Crippen LogP contribution in [0.1, 0.15) is 5.56 Å². The average Bonchev–Trinajstić information content (AvgIpc) is 3.04. The van der Waals surface area contributed by atoms with Gasteiger partial charge in [-0.05, 0) is 42.5 Å². The number of anilines is 7. The van der Waals surface area contributed by atoms with Gasteiger partial charge < -0.3 is 40.4 Å². The van der Waals surface area contributed by atoms with E-state index in [9.17, 15) is 18.0 Å². The highest BCUT2D eigenvalue weighted by molar-refractivity contribution is 6.33. The Hall–Kier alpha value is -4.66. The van der Waals surface area contributed by atoms with E-state index in [4.69, 9.17) is 37.4 Å². The maximum Gasteiger partial charge on any atom is 0.417 e. The van der Waals surface area contributed by atoms with Gasteiger partial charge in [0.1, 0.15) is 22.2 Å². The third-order valence-corrected chi connectivity index (χ3v) is 7.39. The number of morpholine rings is 1. The fraction of sp³-hybridized carbons (Fsp3) is 0.233. The van der Waals surface area contributed by atoms with Crippen LogP contribution in [-0.4, -0.2) is 56.5 Å². The number of aromatic nitrogens is 2. The molecule has 0 saturated carbocycles. The molecule has 0 atom stereocenters. The monoisotopic (exact) mass is 677 g/mol. The quantitative estimate of drug-likeness (QED) is 0.141. The van der Waals surface area contributed by atoms with Crippen molar-refractivity contribution in [3.05, 3.63) is 76.4 Å². The number of ether oxygens (including phenoxy) is 3. The number of alkyl halides is 3. The molecule has 1 fully saturated rings. The zero-order valence-electron chi connectivity index (χ0n) is 24.5. The minimum absolute atomic E-state index is 0.0882. The first-order valence-electron chi connectivity index (χ1n) is 13.7. The lowest BCUT2D eigenvalue weighted by Gasteiger charge is -2.31. The Balaban J connectivity index is 1.31. The summed E-state index contributed by atoms with van der Waals surface area (Å²) in [5.74, 6) is 1.54. The van der Waals surface area contributed by atoms with Crippen molar-refractivity contribution in [1.82, 2.24) is 9.97 Å². The largest absolute Gasteiger partial charge is 0.495 e. The van der Waals surface area contributed by atoms with Crippen molar-refractivity contribution in [2.45, 2.75) is 6.18 Å². The van der Waals surface area contributed by atoms with Gasteiger partial charge in [-0.15, -0.1) is 0 Å². The summed E-state index contributed by atoms with van der Waals surface area (Å²) in [4.78, 5) is 23.5. The second-order valence-electron chi connectivity index (χ2n) is 9.78. The number of nitrogens with zero attached hydrogens (tertiary/aromatic N) is 3. The molecule has 46 heavy (non-hydrogen) atoms. The van der Waals surface area contributed by atoms with E-state index in [-0.39, 0.29) is 16.7 Å². The van der Waals surface area contributed by atoms with Crippen LogP contribution in [0.25, 0.3) is 0 Å². The van der Waals surface area contributed by atoms with Crippen LogP contribution in [0.15, 0.2) is 60.8 Å². The number of nitrogens with one attached hydrogen (secondary N) is 4. The molecule has 1 aliphatic rings. The van der Waals surface area contributed by atoms with Gasteiger partial charge in [0.15, 0.2) is 5.82 Å². The van der Waals surface area contributed by atoms with Crippen molar-refractivity contribution in [3.63, 3.8) is 0 Å². The maximum atomic E-state index is 13.2. The van der Waals surface area contributed by atoms with E-state index in [1.54, 1.807) is 19.2 Å². The molecule has 1 saturated heterocycles. The summed E-state index contributed by atoms with van der Waals surface area (Å²) >= 11 is 12.1. The molecule has 0 unspecified atom stereocenters. The van der Waals surface area contributed by atoms with E-state index in [0.29, 0.717) is 55.0 Å². The molecule has 0 radical (unpaired) electrons. The Morgan fingerprint density at radius 1 is 0.891 bits per heavy atom. The van der Waals surface area contributed by atoms with Gasteiger partial charge in [0.25, 0.3) is 0 Å². The number of benzene rings is 3. The summed E-state index contributed by atoms with van der Waals surface area (Å²) in [5, 5.41) is 11.1. The number of rotatable bonds is 9. The molecule has 0 aliphatic carbocycles. The van der Waals surface area contributed by atoms with Crippen LogP contribution >= 0.6 is 23.2 Å². The van der Waals surface area contributed by atoms with Gasteiger partial charge >= 0.3 is 12.2 Å². The van der Waals surface area contributed by atoms with Gasteiger partial charge in [0.05, 0.1) is 55.6 Å². The molecule has 2 amide bonds. The smallest absolute Gasteiger partial charge is 0.417 e. The van der Waals surface area contributed by atoms with Crippen LogP contribution in [0.4, 0.5) is 58.2 Å². The number of halogens is 5. The summed E-state index contributed by atoms with van der Waals surface area (Å²) < 4.78 is 56.2. The number of methoxy groups -OCH3 is 2. The van der Waals surface area contributed by atoms with Crippen molar-refractivity contribution in [1.29, 1.82) is 0 Å². The number of amides is 2. The Labute approximate surface area is 272 Å². The lowest BCUT2D eigenvalue weighted by molar-refractivity contribution is -0.137. The second-order valence-corrected chi connectivity index (χ2v) is 10.6. The first-order chi connectivity index (χ1) is 22.0. The van der Waals surface area contributed by atoms with Crippen LogP contribution in [0.3, 0.4) is 0 Å². The summed E-state index contributed by atoms with van der Waals surface area (Å²) in [5.41, 5.74) is 1.20. The highest BCUT2D eigenvalue weighted by atomic mass is 35.5. The van der Waals surface area contributed by atoms with Gasteiger partial charge in [-0.3, -0.25) is 0 Å². The summed E-state index contributed by atoms with van der Waals surface area (Å²) in [7, 11) is 3.04. The second kappa shape index (κ2) is 14.2. The zero-order valence-corrected chi connectivity index (χ0v) is 26.0. The minimum Gasteiger partial charge on any atom is -0.495 e. The standard InChI is InChI=1S/C30H28Cl2F3N7O4/c1-44-24-5-3-4-23(26(24)42-10-12-46-13-11-42)39-27-21(32)16-36-28(41-27)40-22-9-7-18(15-25(22)45-2)38-29(43)37-17-6-8-20(31)19(14-17)30(33,34)35/h3-9,14-16H,10-13H2,1-2H3,(H2,37,38,43)(H2,36,39,40,41). The summed E-state index contributed by atoms with van der Waals surface area (Å²) in [6, 6.07) is 12.6. The molecule has 16 heteroatoms. The lowest BCUT2D eigenvalue weighted by Crippen LogP contribution is -2.36. The third-order valence-electron chi connectivity index (χ3n) is 6.78. The Morgan fingerprint density at radius 2 is 1.59 bits per heavy atom. The molecule has 4 aromatic rings. The number of hydrogen-bond donors (Lipinski definition) is 4. The number of para-hydroxylation sites is 1. The summed E-state index contributed by atoms with van der Waals surface area (Å²) in [6.07, 6.45) is -3.23. The lowest BCUT2D eigenvalue weighted by atomic mass is 10.2. The van der Waals surface area contributed by atoms with E-state index < -0.39 is 22.8 Å². The molecule has 4 N–H and O–H groups in total. The fourth-order valence-corrected chi connectivity index (χ4v) is 5.01. The van der Waals surface area contributed by atoms with Crippen LogP contribution in [-0.2, 0) is 10.9 Å². The van der Waals surface area contributed by atoms with E-state index in [0.717, 1.165) is 23.5 Å². The molecule has 0 bridgehead atoms. The number of urea groups is 1. The van der Waals surface area contributed by atoms with Gasteiger partial charge in [0, 0.05) is 30.5 Å². The van der Waals surface area contributed by atoms with Crippen molar-refractivity contribution < 1.29 is 32.2 Å². The predicted molar refractivity (Wildman–Crippen MR) is 172 cm³/mol. The highest BCUT2D eigenvalue weighted by Gasteiger charge is 2.33. The molecular weight excluding hydrogens is 650 g/mol. The van der Waals surface area contributed by atoms with E-state index in [2.05, 4.69) is 36.1 Å². The number of carbonyl (C=O) groups is 1. The van der Waals surface area contributed by atoms with Crippen LogP contribution in [0.5, 0.6) is 11.5 Å². The zero-order chi connectivity index (χ0) is 32.8. The molecule has 1 aliphatic heterocycles. The predicted octanol–water partition coefficient (Wildman–Crippen LogP) is 7.79. The van der Waals surface area contributed by atoms with Crippen molar-refractivity contribution in [3.8, 4) is 11.5 Å². The van der Waals surface area contributed by atoms with Gasteiger partial charge in [0.2, 0.25) is 5.95 Å². The molecule has 11 nitrogen and oxygen atoms in total. The highest BCUT2D eigenvalue weighted by Crippen LogP contribution is 2.40. The maximum absolute atomic E-state index is 13.2. The van der Waals surface area contributed by atoms with Crippen LogP contribution < -0.4 is 35.6 Å². The van der Waals surface area contributed by atoms with Crippen molar-refractivity contribution in [2.75, 3.05) is 66.7 Å². The first-order valence-corrected chi connectivity index (χ1v) is 14.5.